The molecule has 1 atom stereocenters. The van der Waals surface area contributed by atoms with E-state index in [1.807, 2.05) is 0 Å². The maximum atomic E-state index is 3.89. The number of hydrogen-bond donors (Lipinski definition) is 1. The van der Waals surface area contributed by atoms with E-state index in [4.69, 9.17) is 0 Å². The van der Waals surface area contributed by atoms with Crippen LogP contribution < -0.4 is 5.32 Å². The van der Waals surface area contributed by atoms with Gasteiger partial charge in [0.2, 0.25) is 0 Å². The molecule has 1 heteroatoms. The van der Waals surface area contributed by atoms with Crippen molar-refractivity contribution < 1.29 is 0 Å². The van der Waals surface area contributed by atoms with Gasteiger partial charge in [0.1, 0.15) is 0 Å². The van der Waals surface area contributed by atoms with Crippen molar-refractivity contribution in [2.75, 3.05) is 7.05 Å². The zero-order valence-corrected chi connectivity index (χ0v) is 11.3. The minimum absolute atomic E-state index is 0.659. The Kier molecular flexibility index (Phi) is 3.06. The standard InChI is InChI=1S/C16H27N/c1-3-4-5-15(17-2)16-9-12-6-13(10-16)8-14(7-12)11-16/h3,12-15,17H,1,4-11H2,2H3. The van der Waals surface area contributed by atoms with E-state index >= 15 is 0 Å². The zero-order chi connectivity index (χ0) is 11.9. The van der Waals surface area contributed by atoms with Crippen LogP contribution in [0.5, 0.6) is 0 Å². The molecule has 0 saturated heterocycles. The third-order valence-electron chi connectivity index (χ3n) is 5.83. The molecule has 0 aromatic rings. The van der Waals surface area contributed by atoms with Gasteiger partial charge < -0.3 is 5.32 Å². The molecule has 4 rings (SSSR count). The van der Waals surface area contributed by atoms with Crippen molar-refractivity contribution in [3.05, 3.63) is 12.7 Å². The molecule has 4 bridgehead atoms. The molecule has 4 aliphatic rings. The summed E-state index contributed by atoms with van der Waals surface area (Å²) < 4.78 is 0. The molecule has 0 aromatic carbocycles. The van der Waals surface area contributed by atoms with E-state index in [1.165, 1.54) is 32.1 Å². The summed E-state index contributed by atoms with van der Waals surface area (Å²) in [5.74, 6) is 3.21. The van der Waals surface area contributed by atoms with Crippen LogP contribution in [-0.4, -0.2) is 13.1 Å². The van der Waals surface area contributed by atoms with Gasteiger partial charge in [-0.2, -0.15) is 0 Å². The monoisotopic (exact) mass is 233 g/mol. The maximum Gasteiger partial charge on any atom is 0.0124 e. The molecule has 1 nitrogen and oxygen atoms in total. The van der Waals surface area contributed by atoms with Crippen LogP contribution in [0.15, 0.2) is 12.7 Å². The lowest BCUT2D eigenvalue weighted by molar-refractivity contribution is -0.0737. The van der Waals surface area contributed by atoms with E-state index < -0.39 is 0 Å². The van der Waals surface area contributed by atoms with Crippen LogP contribution in [-0.2, 0) is 0 Å². The summed E-state index contributed by atoms with van der Waals surface area (Å²) in [5, 5.41) is 3.65. The average Bonchev–Trinajstić information content (AvgIpc) is 2.27. The molecule has 1 unspecified atom stereocenters. The first-order valence-corrected chi connectivity index (χ1v) is 7.54. The summed E-state index contributed by atoms with van der Waals surface area (Å²) in [4.78, 5) is 0. The Bertz CT molecular complexity index is 259. The van der Waals surface area contributed by atoms with Crippen LogP contribution >= 0.6 is 0 Å². The first kappa shape index (κ1) is 11.8. The van der Waals surface area contributed by atoms with E-state index in [0.29, 0.717) is 5.41 Å². The van der Waals surface area contributed by atoms with Crippen LogP contribution in [0.25, 0.3) is 0 Å². The lowest BCUT2D eigenvalue weighted by atomic mass is 9.47. The number of allylic oxidation sites excluding steroid dienone is 1. The number of nitrogens with one attached hydrogen (secondary N) is 1. The molecule has 4 saturated carbocycles. The third-order valence-corrected chi connectivity index (χ3v) is 5.83. The summed E-state index contributed by atoms with van der Waals surface area (Å²) in [6.45, 7) is 3.89. The highest BCUT2D eigenvalue weighted by atomic mass is 14.9. The fraction of sp³-hybridized carbons (Fsp3) is 0.875. The summed E-state index contributed by atoms with van der Waals surface area (Å²) in [7, 11) is 2.17. The second-order valence-electron chi connectivity index (χ2n) is 6.99. The smallest absolute Gasteiger partial charge is 0.0124 e. The van der Waals surface area contributed by atoms with Crippen molar-refractivity contribution in [2.24, 2.45) is 23.2 Å². The van der Waals surface area contributed by atoms with E-state index in [0.717, 1.165) is 23.8 Å². The van der Waals surface area contributed by atoms with Crippen molar-refractivity contribution in [1.82, 2.24) is 5.32 Å². The second kappa shape index (κ2) is 4.42. The molecule has 1 N–H and O–H groups in total. The first-order valence-electron chi connectivity index (χ1n) is 7.54. The second-order valence-corrected chi connectivity index (χ2v) is 6.99. The molecule has 0 amide bonds. The summed E-state index contributed by atoms with van der Waals surface area (Å²) >= 11 is 0. The van der Waals surface area contributed by atoms with E-state index in [2.05, 4.69) is 25.0 Å². The van der Waals surface area contributed by atoms with Crippen molar-refractivity contribution in [3.8, 4) is 0 Å². The lowest BCUT2D eigenvalue weighted by Gasteiger charge is -2.59. The molecule has 0 radical (unpaired) electrons. The summed E-state index contributed by atoms with van der Waals surface area (Å²) in [5.41, 5.74) is 0.659. The van der Waals surface area contributed by atoms with E-state index in [9.17, 15) is 0 Å². The third kappa shape index (κ3) is 1.97. The highest BCUT2D eigenvalue weighted by Gasteiger charge is 2.53. The Balaban J connectivity index is 1.77. The molecule has 4 aliphatic carbocycles. The Morgan fingerprint density at radius 2 is 1.71 bits per heavy atom. The van der Waals surface area contributed by atoms with Crippen LogP contribution in [0.4, 0.5) is 0 Å². The van der Waals surface area contributed by atoms with E-state index in [1.54, 1.807) is 19.3 Å². The highest BCUT2D eigenvalue weighted by molar-refractivity contribution is 5.06. The van der Waals surface area contributed by atoms with Crippen LogP contribution in [0.1, 0.15) is 51.4 Å². The van der Waals surface area contributed by atoms with Gasteiger partial charge in [-0.1, -0.05) is 6.08 Å². The molecular formula is C16H27N. The predicted molar refractivity (Wildman–Crippen MR) is 72.9 cm³/mol. The minimum atomic E-state index is 0.659. The largest absolute Gasteiger partial charge is 0.316 e. The molecular weight excluding hydrogens is 206 g/mol. The SMILES string of the molecule is C=CCCC(NC)C12CC3CC(CC(C3)C1)C2. The molecule has 0 aromatic heterocycles. The minimum Gasteiger partial charge on any atom is -0.316 e. The van der Waals surface area contributed by atoms with Gasteiger partial charge in [-0.15, -0.1) is 6.58 Å². The predicted octanol–water partition coefficient (Wildman–Crippen LogP) is 3.76. The van der Waals surface area contributed by atoms with Gasteiger partial charge in [0.15, 0.2) is 0 Å². The van der Waals surface area contributed by atoms with E-state index in [-0.39, 0.29) is 0 Å². The molecule has 0 spiro atoms. The van der Waals surface area contributed by atoms with Gasteiger partial charge in [-0.05, 0) is 81.6 Å². The Morgan fingerprint density at radius 3 is 2.12 bits per heavy atom. The summed E-state index contributed by atoms with van der Waals surface area (Å²) in [6.07, 6.45) is 13.8. The zero-order valence-electron chi connectivity index (χ0n) is 11.3. The first-order chi connectivity index (χ1) is 8.25. The van der Waals surface area contributed by atoms with Crippen molar-refractivity contribution in [1.29, 1.82) is 0 Å². The Morgan fingerprint density at radius 1 is 1.18 bits per heavy atom. The van der Waals surface area contributed by atoms with Crippen LogP contribution in [0, 0.1) is 23.2 Å². The van der Waals surface area contributed by atoms with Crippen molar-refractivity contribution >= 4 is 0 Å². The normalized spacial score (nSPS) is 44.9. The Hall–Kier alpha value is -0.300. The van der Waals surface area contributed by atoms with Gasteiger partial charge in [-0.3, -0.25) is 0 Å². The molecule has 17 heavy (non-hydrogen) atoms. The lowest BCUT2D eigenvalue weighted by Crippen LogP contribution is -2.55. The maximum absolute atomic E-state index is 3.89. The molecule has 0 heterocycles. The topological polar surface area (TPSA) is 12.0 Å². The summed E-state index contributed by atoms with van der Waals surface area (Å²) in [6, 6.07) is 0.744. The van der Waals surface area contributed by atoms with Crippen LogP contribution in [0.3, 0.4) is 0 Å². The Labute approximate surface area is 106 Å². The average molecular weight is 233 g/mol. The number of rotatable bonds is 5. The fourth-order valence-electron chi connectivity index (χ4n) is 5.65. The van der Waals surface area contributed by atoms with Crippen molar-refractivity contribution in [2.45, 2.75) is 57.4 Å². The van der Waals surface area contributed by atoms with Gasteiger partial charge in [0, 0.05) is 6.04 Å². The van der Waals surface area contributed by atoms with Gasteiger partial charge in [0.25, 0.3) is 0 Å². The fourth-order valence-corrected chi connectivity index (χ4v) is 5.65. The highest BCUT2D eigenvalue weighted by Crippen LogP contribution is 2.61. The number of hydrogen-bond acceptors (Lipinski definition) is 1. The molecule has 4 fully saturated rings. The van der Waals surface area contributed by atoms with Gasteiger partial charge >= 0.3 is 0 Å². The van der Waals surface area contributed by atoms with Crippen LogP contribution in [0.2, 0.25) is 0 Å². The van der Waals surface area contributed by atoms with Gasteiger partial charge in [-0.25, -0.2) is 0 Å². The van der Waals surface area contributed by atoms with Crippen molar-refractivity contribution in [3.63, 3.8) is 0 Å². The molecule has 0 aliphatic heterocycles. The molecule has 96 valence electrons. The quantitative estimate of drug-likeness (QED) is 0.713. The van der Waals surface area contributed by atoms with Gasteiger partial charge in [0.05, 0.1) is 0 Å².